The van der Waals surface area contributed by atoms with Gasteiger partial charge in [-0.2, -0.15) is 0 Å². The summed E-state index contributed by atoms with van der Waals surface area (Å²) >= 11 is 0. The van der Waals surface area contributed by atoms with E-state index in [9.17, 15) is 5.11 Å². The van der Waals surface area contributed by atoms with Crippen LogP contribution in [0.3, 0.4) is 0 Å². The molecule has 0 aromatic carbocycles. The molecular weight excluding hydrogens is 156 g/mol. The molecule has 2 aliphatic heterocycles. The van der Waals surface area contributed by atoms with E-state index in [1.165, 1.54) is 0 Å². The lowest BCUT2D eigenvalue weighted by molar-refractivity contribution is -0.253. The Kier molecular flexibility index (Phi) is 1.43. The fourth-order valence-electron chi connectivity index (χ4n) is 2.32. The summed E-state index contributed by atoms with van der Waals surface area (Å²) in [6.07, 6.45) is 1.66. The van der Waals surface area contributed by atoms with Crippen LogP contribution in [0, 0.1) is 0 Å². The molecule has 2 aliphatic rings. The standard InChI is InChI=1S/C9H16O3/c1-7-4-5-11-8(2,6-7)9(3,10)12-7/h10H,4-6H2,1-3H3. The molecule has 2 bridgehead atoms. The van der Waals surface area contributed by atoms with Gasteiger partial charge in [-0.25, -0.2) is 0 Å². The molecule has 0 aromatic heterocycles. The molecule has 0 amide bonds. The van der Waals surface area contributed by atoms with Gasteiger partial charge in [0.05, 0.1) is 12.2 Å². The van der Waals surface area contributed by atoms with Crippen LogP contribution >= 0.6 is 0 Å². The quantitative estimate of drug-likeness (QED) is 0.593. The van der Waals surface area contributed by atoms with Crippen LogP contribution in [0.2, 0.25) is 0 Å². The highest BCUT2D eigenvalue weighted by Crippen LogP contribution is 2.50. The van der Waals surface area contributed by atoms with E-state index in [0.29, 0.717) is 6.61 Å². The largest absolute Gasteiger partial charge is 0.369 e. The Morgan fingerprint density at radius 2 is 1.92 bits per heavy atom. The van der Waals surface area contributed by atoms with Crippen LogP contribution in [-0.4, -0.2) is 28.7 Å². The Bertz CT molecular complexity index is 210. The predicted octanol–water partition coefficient (Wildman–Crippen LogP) is 1.05. The molecule has 2 saturated heterocycles. The van der Waals surface area contributed by atoms with Crippen molar-refractivity contribution < 1.29 is 14.6 Å². The van der Waals surface area contributed by atoms with Gasteiger partial charge in [-0.3, -0.25) is 0 Å². The smallest absolute Gasteiger partial charge is 0.192 e. The fourth-order valence-corrected chi connectivity index (χ4v) is 2.32. The molecule has 3 heteroatoms. The van der Waals surface area contributed by atoms with Gasteiger partial charge >= 0.3 is 0 Å². The van der Waals surface area contributed by atoms with E-state index in [-0.39, 0.29) is 5.60 Å². The average molecular weight is 172 g/mol. The van der Waals surface area contributed by atoms with Crippen molar-refractivity contribution in [1.29, 1.82) is 0 Å². The fraction of sp³-hybridized carbons (Fsp3) is 1.00. The van der Waals surface area contributed by atoms with E-state index in [4.69, 9.17) is 9.47 Å². The predicted molar refractivity (Wildman–Crippen MR) is 43.7 cm³/mol. The maximum Gasteiger partial charge on any atom is 0.192 e. The SMILES string of the molecule is CC12CCOC(C)(C1)C(C)(O)O2. The van der Waals surface area contributed by atoms with Gasteiger partial charge in [0.25, 0.3) is 0 Å². The molecule has 3 unspecified atom stereocenters. The Labute approximate surface area is 72.7 Å². The van der Waals surface area contributed by atoms with Crippen LogP contribution in [-0.2, 0) is 9.47 Å². The molecule has 2 rings (SSSR count). The highest BCUT2D eigenvalue weighted by atomic mass is 16.7. The maximum absolute atomic E-state index is 9.94. The van der Waals surface area contributed by atoms with Crippen LogP contribution in [0.15, 0.2) is 0 Å². The van der Waals surface area contributed by atoms with Gasteiger partial charge in [0, 0.05) is 6.42 Å². The molecule has 0 aliphatic carbocycles. The summed E-state index contributed by atoms with van der Waals surface area (Å²) < 4.78 is 11.2. The first-order valence-electron chi connectivity index (χ1n) is 4.44. The first-order valence-corrected chi connectivity index (χ1v) is 4.44. The molecule has 12 heavy (non-hydrogen) atoms. The summed E-state index contributed by atoms with van der Waals surface area (Å²) in [6.45, 7) is 6.32. The molecule has 3 nitrogen and oxygen atoms in total. The van der Waals surface area contributed by atoms with Crippen molar-refractivity contribution in [2.24, 2.45) is 0 Å². The van der Waals surface area contributed by atoms with E-state index in [1.807, 2.05) is 13.8 Å². The van der Waals surface area contributed by atoms with E-state index < -0.39 is 11.4 Å². The second kappa shape index (κ2) is 2.03. The van der Waals surface area contributed by atoms with Crippen molar-refractivity contribution in [2.45, 2.75) is 50.6 Å². The Morgan fingerprint density at radius 1 is 1.25 bits per heavy atom. The summed E-state index contributed by atoms with van der Waals surface area (Å²) in [4.78, 5) is 0. The molecule has 2 heterocycles. The monoisotopic (exact) mass is 172 g/mol. The summed E-state index contributed by atoms with van der Waals surface area (Å²) in [5.74, 6) is -1.13. The highest BCUT2D eigenvalue weighted by Gasteiger charge is 2.61. The molecule has 3 atom stereocenters. The third-order valence-corrected chi connectivity index (χ3v) is 3.19. The van der Waals surface area contributed by atoms with Crippen LogP contribution < -0.4 is 0 Å². The number of hydrogen-bond acceptors (Lipinski definition) is 3. The van der Waals surface area contributed by atoms with Crippen LogP contribution in [0.1, 0.15) is 33.6 Å². The Hall–Kier alpha value is -0.120. The van der Waals surface area contributed by atoms with Gasteiger partial charge in [-0.1, -0.05) is 0 Å². The van der Waals surface area contributed by atoms with Crippen molar-refractivity contribution in [3.05, 3.63) is 0 Å². The summed E-state index contributed by atoms with van der Waals surface area (Å²) in [5.41, 5.74) is -0.698. The van der Waals surface area contributed by atoms with Gasteiger partial charge in [0.15, 0.2) is 5.79 Å². The lowest BCUT2D eigenvalue weighted by Crippen LogP contribution is -2.48. The van der Waals surface area contributed by atoms with E-state index in [1.54, 1.807) is 6.92 Å². The minimum Gasteiger partial charge on any atom is -0.369 e. The topological polar surface area (TPSA) is 38.7 Å². The first-order chi connectivity index (χ1) is 5.37. The number of rotatable bonds is 0. The molecule has 0 saturated carbocycles. The minimum absolute atomic E-state index is 0.184. The summed E-state index contributed by atoms with van der Waals surface area (Å²) in [5, 5.41) is 9.94. The van der Waals surface area contributed by atoms with Crippen molar-refractivity contribution >= 4 is 0 Å². The van der Waals surface area contributed by atoms with Gasteiger partial charge in [0.2, 0.25) is 0 Å². The molecule has 0 spiro atoms. The summed E-state index contributed by atoms with van der Waals surface area (Å²) in [6, 6.07) is 0. The van der Waals surface area contributed by atoms with E-state index in [2.05, 4.69) is 0 Å². The summed E-state index contributed by atoms with van der Waals surface area (Å²) in [7, 11) is 0. The molecule has 0 radical (unpaired) electrons. The number of fused-ring (bicyclic) bond motifs is 2. The average Bonchev–Trinajstić information content (AvgIpc) is 1.93. The van der Waals surface area contributed by atoms with Crippen molar-refractivity contribution in [1.82, 2.24) is 0 Å². The van der Waals surface area contributed by atoms with Gasteiger partial charge in [0.1, 0.15) is 5.60 Å². The van der Waals surface area contributed by atoms with E-state index in [0.717, 1.165) is 12.8 Å². The number of aliphatic hydroxyl groups is 1. The van der Waals surface area contributed by atoms with Crippen LogP contribution in [0.25, 0.3) is 0 Å². The van der Waals surface area contributed by atoms with Crippen molar-refractivity contribution in [3.8, 4) is 0 Å². The zero-order valence-corrected chi connectivity index (χ0v) is 7.89. The number of ether oxygens (including phenoxy) is 2. The van der Waals surface area contributed by atoms with Crippen LogP contribution in [0.4, 0.5) is 0 Å². The number of hydrogen-bond donors (Lipinski definition) is 1. The Morgan fingerprint density at radius 3 is 2.42 bits per heavy atom. The zero-order chi connectivity index (χ0) is 9.04. The van der Waals surface area contributed by atoms with Gasteiger partial charge in [-0.05, 0) is 27.2 Å². The van der Waals surface area contributed by atoms with E-state index >= 15 is 0 Å². The lowest BCUT2D eigenvalue weighted by atomic mass is 9.85. The third-order valence-electron chi connectivity index (χ3n) is 3.19. The lowest BCUT2D eigenvalue weighted by Gasteiger charge is -2.35. The van der Waals surface area contributed by atoms with Gasteiger partial charge in [-0.15, -0.1) is 0 Å². The zero-order valence-electron chi connectivity index (χ0n) is 7.89. The second-order valence-corrected chi connectivity index (χ2v) is 4.54. The second-order valence-electron chi connectivity index (χ2n) is 4.54. The Balaban J connectivity index is 2.35. The van der Waals surface area contributed by atoms with Crippen molar-refractivity contribution in [2.75, 3.05) is 6.61 Å². The molecule has 70 valence electrons. The first kappa shape index (κ1) is 8.48. The van der Waals surface area contributed by atoms with Crippen molar-refractivity contribution in [3.63, 3.8) is 0 Å². The normalized spacial score (nSPS) is 59.0. The molecule has 0 aromatic rings. The molecule has 2 fully saturated rings. The third kappa shape index (κ3) is 0.934. The molecular formula is C9H16O3. The maximum atomic E-state index is 9.94. The minimum atomic E-state index is -1.13. The van der Waals surface area contributed by atoms with Gasteiger partial charge < -0.3 is 14.6 Å². The van der Waals surface area contributed by atoms with Crippen LogP contribution in [0.5, 0.6) is 0 Å². The highest BCUT2D eigenvalue weighted by molar-refractivity contribution is 5.05. The molecule has 1 N–H and O–H groups in total.